The summed E-state index contributed by atoms with van der Waals surface area (Å²) in [5, 5.41) is 3.60. The van der Waals surface area contributed by atoms with Crippen LogP contribution in [-0.4, -0.2) is 64.1 Å². The van der Waals surface area contributed by atoms with Gasteiger partial charge in [-0.3, -0.25) is 0 Å². The van der Waals surface area contributed by atoms with Crippen molar-refractivity contribution in [2.45, 2.75) is 39.2 Å². The van der Waals surface area contributed by atoms with E-state index in [0.717, 1.165) is 19.1 Å². The first-order valence-electron chi connectivity index (χ1n) is 7.80. The van der Waals surface area contributed by atoms with Gasteiger partial charge in [0, 0.05) is 26.2 Å². The van der Waals surface area contributed by atoms with Crippen molar-refractivity contribution in [3.8, 4) is 0 Å². The zero-order valence-corrected chi connectivity index (χ0v) is 13.0. The van der Waals surface area contributed by atoms with Gasteiger partial charge < -0.3 is 19.7 Å². The molecule has 0 aliphatic carbocycles. The number of nitrogens with one attached hydrogen (secondary N) is 1. The molecule has 1 heterocycles. The summed E-state index contributed by atoms with van der Waals surface area (Å²) in [6.45, 7) is 11.5. The highest BCUT2D eigenvalue weighted by Crippen LogP contribution is 2.19. The highest BCUT2D eigenvalue weighted by Gasteiger charge is 2.23. The molecule has 2 unspecified atom stereocenters. The van der Waals surface area contributed by atoms with Gasteiger partial charge in [0.15, 0.2) is 0 Å². The zero-order valence-electron chi connectivity index (χ0n) is 13.0. The molecule has 114 valence electrons. The molecule has 1 saturated heterocycles. The van der Waals surface area contributed by atoms with E-state index in [1.807, 2.05) is 0 Å². The minimum atomic E-state index is 0.589. The molecule has 0 bridgehead atoms. The molecule has 0 aromatic carbocycles. The minimum Gasteiger partial charge on any atom is -0.382 e. The van der Waals surface area contributed by atoms with Crippen LogP contribution in [0.1, 0.15) is 33.1 Å². The van der Waals surface area contributed by atoms with Gasteiger partial charge in [-0.2, -0.15) is 0 Å². The third-order valence-corrected chi connectivity index (χ3v) is 3.93. The van der Waals surface area contributed by atoms with Crippen LogP contribution >= 0.6 is 0 Å². The maximum atomic E-state index is 5.47. The molecular weight excluding hydrogens is 240 g/mol. The van der Waals surface area contributed by atoms with Crippen molar-refractivity contribution in [2.75, 3.05) is 53.1 Å². The van der Waals surface area contributed by atoms with E-state index in [-0.39, 0.29) is 0 Å². The normalized spacial score (nSPS) is 22.6. The Hall–Kier alpha value is -0.160. The quantitative estimate of drug-likeness (QED) is 0.614. The number of methoxy groups -OCH3 is 1. The lowest BCUT2D eigenvalue weighted by molar-refractivity contribution is 0.0690. The summed E-state index contributed by atoms with van der Waals surface area (Å²) < 4.78 is 10.4. The second-order valence-corrected chi connectivity index (χ2v) is 5.55. The van der Waals surface area contributed by atoms with Crippen LogP contribution in [-0.2, 0) is 9.47 Å². The van der Waals surface area contributed by atoms with Gasteiger partial charge in [-0.15, -0.1) is 0 Å². The Morgan fingerprint density at radius 1 is 1.32 bits per heavy atom. The van der Waals surface area contributed by atoms with Gasteiger partial charge in [0.25, 0.3) is 0 Å². The van der Waals surface area contributed by atoms with E-state index in [0.29, 0.717) is 19.3 Å². The fourth-order valence-electron chi connectivity index (χ4n) is 2.79. The van der Waals surface area contributed by atoms with Gasteiger partial charge in [0.05, 0.1) is 19.8 Å². The maximum Gasteiger partial charge on any atom is 0.0700 e. The van der Waals surface area contributed by atoms with E-state index in [1.54, 1.807) is 7.11 Å². The SMILES string of the molecule is CCCN1CCCC(C(C)NCCOCCOC)C1. The fraction of sp³-hybridized carbons (Fsp3) is 1.00. The molecule has 4 nitrogen and oxygen atoms in total. The Labute approximate surface area is 118 Å². The molecule has 0 radical (unpaired) electrons. The van der Waals surface area contributed by atoms with Crippen molar-refractivity contribution in [1.29, 1.82) is 0 Å². The summed E-state index contributed by atoms with van der Waals surface area (Å²) in [6, 6.07) is 0.589. The maximum absolute atomic E-state index is 5.47. The molecule has 1 N–H and O–H groups in total. The fourth-order valence-corrected chi connectivity index (χ4v) is 2.79. The van der Waals surface area contributed by atoms with Gasteiger partial charge >= 0.3 is 0 Å². The van der Waals surface area contributed by atoms with Gasteiger partial charge in [0.2, 0.25) is 0 Å². The lowest BCUT2D eigenvalue weighted by Gasteiger charge is -2.36. The van der Waals surface area contributed by atoms with E-state index in [9.17, 15) is 0 Å². The molecule has 0 saturated carbocycles. The summed E-state index contributed by atoms with van der Waals surface area (Å²) in [6.07, 6.45) is 3.97. The minimum absolute atomic E-state index is 0.589. The molecule has 0 spiro atoms. The molecule has 4 heteroatoms. The van der Waals surface area contributed by atoms with E-state index < -0.39 is 0 Å². The molecule has 1 aliphatic heterocycles. The van der Waals surface area contributed by atoms with Gasteiger partial charge in [-0.25, -0.2) is 0 Å². The molecule has 0 aromatic rings. The lowest BCUT2D eigenvalue weighted by atomic mass is 9.91. The third-order valence-electron chi connectivity index (χ3n) is 3.93. The first-order chi connectivity index (χ1) is 9.27. The van der Waals surface area contributed by atoms with Crippen LogP contribution < -0.4 is 5.32 Å². The smallest absolute Gasteiger partial charge is 0.0700 e. The predicted octanol–water partition coefficient (Wildman–Crippen LogP) is 1.75. The van der Waals surface area contributed by atoms with Gasteiger partial charge in [-0.1, -0.05) is 6.92 Å². The van der Waals surface area contributed by atoms with Crippen molar-refractivity contribution < 1.29 is 9.47 Å². The number of hydrogen-bond donors (Lipinski definition) is 1. The summed E-state index contributed by atoms with van der Waals surface area (Å²) >= 11 is 0. The highest BCUT2D eigenvalue weighted by atomic mass is 16.5. The van der Waals surface area contributed by atoms with Crippen molar-refractivity contribution in [1.82, 2.24) is 10.2 Å². The van der Waals surface area contributed by atoms with E-state index in [2.05, 4.69) is 24.1 Å². The Bertz CT molecular complexity index is 212. The average Bonchev–Trinajstić information content (AvgIpc) is 2.43. The van der Waals surface area contributed by atoms with Crippen molar-refractivity contribution in [3.63, 3.8) is 0 Å². The monoisotopic (exact) mass is 272 g/mol. The summed E-state index contributed by atoms with van der Waals surface area (Å²) in [5.74, 6) is 0.791. The number of likely N-dealkylation sites (tertiary alicyclic amines) is 1. The van der Waals surface area contributed by atoms with Crippen LogP contribution in [0, 0.1) is 5.92 Å². The molecule has 0 aromatic heterocycles. The number of hydrogen-bond acceptors (Lipinski definition) is 4. The summed E-state index contributed by atoms with van der Waals surface area (Å²) in [4.78, 5) is 2.61. The molecule has 1 aliphatic rings. The van der Waals surface area contributed by atoms with Crippen LogP contribution in [0.15, 0.2) is 0 Å². The van der Waals surface area contributed by atoms with Crippen LogP contribution in [0.4, 0.5) is 0 Å². The second kappa shape index (κ2) is 10.6. The predicted molar refractivity (Wildman–Crippen MR) is 79.6 cm³/mol. The van der Waals surface area contributed by atoms with E-state index in [4.69, 9.17) is 9.47 Å². The van der Waals surface area contributed by atoms with Gasteiger partial charge in [-0.05, 0) is 45.2 Å². The highest BCUT2D eigenvalue weighted by molar-refractivity contribution is 4.80. The van der Waals surface area contributed by atoms with E-state index in [1.165, 1.54) is 38.9 Å². The van der Waals surface area contributed by atoms with Crippen LogP contribution in [0.2, 0.25) is 0 Å². The van der Waals surface area contributed by atoms with Gasteiger partial charge in [0.1, 0.15) is 0 Å². The first kappa shape index (κ1) is 16.9. The second-order valence-electron chi connectivity index (χ2n) is 5.55. The molecule has 1 rings (SSSR count). The summed E-state index contributed by atoms with van der Waals surface area (Å²) in [5.41, 5.74) is 0. The third kappa shape index (κ3) is 7.25. The van der Waals surface area contributed by atoms with Crippen LogP contribution in [0.3, 0.4) is 0 Å². The standard InChI is InChI=1S/C15H32N2O2/c1-4-8-17-9-5-6-15(13-17)14(2)16-7-10-19-12-11-18-3/h14-16H,4-13H2,1-3H3. The average molecular weight is 272 g/mol. The molecule has 2 atom stereocenters. The summed E-state index contributed by atoms with van der Waals surface area (Å²) in [7, 11) is 1.70. The number of ether oxygens (including phenoxy) is 2. The largest absolute Gasteiger partial charge is 0.382 e. The first-order valence-corrected chi connectivity index (χ1v) is 7.80. The van der Waals surface area contributed by atoms with Crippen LogP contribution in [0.5, 0.6) is 0 Å². The van der Waals surface area contributed by atoms with Crippen molar-refractivity contribution in [3.05, 3.63) is 0 Å². The number of nitrogens with zero attached hydrogens (tertiary/aromatic N) is 1. The van der Waals surface area contributed by atoms with Crippen molar-refractivity contribution in [2.24, 2.45) is 5.92 Å². The van der Waals surface area contributed by atoms with Crippen molar-refractivity contribution >= 4 is 0 Å². The van der Waals surface area contributed by atoms with E-state index >= 15 is 0 Å². The Morgan fingerprint density at radius 2 is 2.16 bits per heavy atom. The van der Waals surface area contributed by atoms with Crippen LogP contribution in [0.25, 0.3) is 0 Å². The Morgan fingerprint density at radius 3 is 2.89 bits per heavy atom. The topological polar surface area (TPSA) is 33.7 Å². The Kier molecular flexibility index (Phi) is 9.43. The molecule has 0 amide bonds. The molecule has 19 heavy (non-hydrogen) atoms. The number of piperidine rings is 1. The Balaban J connectivity index is 2.09. The number of rotatable bonds is 10. The molecular formula is C15H32N2O2. The zero-order chi connectivity index (χ0) is 13.9. The molecule has 1 fully saturated rings. The lowest BCUT2D eigenvalue weighted by Crippen LogP contribution is -2.45.